The summed E-state index contributed by atoms with van der Waals surface area (Å²) < 4.78 is 31.5. The van der Waals surface area contributed by atoms with Crippen LogP contribution < -0.4 is 15.2 Å². The van der Waals surface area contributed by atoms with Crippen LogP contribution in [0.3, 0.4) is 0 Å². The Morgan fingerprint density at radius 2 is 1.42 bits per heavy atom. The van der Waals surface area contributed by atoms with Gasteiger partial charge >= 0.3 is 0 Å². The van der Waals surface area contributed by atoms with Gasteiger partial charge in [0, 0.05) is 6.07 Å². The first-order valence-electron chi connectivity index (χ1n) is 11.7. The van der Waals surface area contributed by atoms with Crippen LogP contribution in [0.2, 0.25) is 5.02 Å². The van der Waals surface area contributed by atoms with Crippen LogP contribution in [0.1, 0.15) is 21.6 Å². The van der Waals surface area contributed by atoms with Gasteiger partial charge in [0.2, 0.25) is 0 Å². The molecule has 0 aliphatic carbocycles. The Bertz CT molecular complexity index is 1560. The molecule has 4 aromatic carbocycles. The maximum atomic E-state index is 13.6. The van der Waals surface area contributed by atoms with Crippen molar-refractivity contribution in [2.75, 3.05) is 0 Å². The zero-order valence-electron chi connectivity index (χ0n) is 20.1. The highest BCUT2D eigenvalue weighted by Gasteiger charge is 2.26. The number of ether oxygens (including phenoxy) is 2. The lowest BCUT2D eigenvalue weighted by Crippen LogP contribution is -2.12. The second-order valence-corrected chi connectivity index (χ2v) is 8.84. The van der Waals surface area contributed by atoms with Gasteiger partial charge in [-0.3, -0.25) is 4.79 Å². The quantitative estimate of drug-likeness (QED) is 0.221. The third-order valence-corrected chi connectivity index (χ3v) is 6.11. The number of aromatic nitrogens is 1. The van der Waals surface area contributed by atoms with Gasteiger partial charge in [-0.1, -0.05) is 89.6 Å². The number of benzene rings is 4. The smallest absolute Gasteiger partial charge is 0.271 e. The Kier molecular flexibility index (Phi) is 7.38. The van der Waals surface area contributed by atoms with E-state index in [1.54, 1.807) is 12.1 Å². The number of primary amides is 1. The Hall–Kier alpha value is -4.62. The Morgan fingerprint density at radius 1 is 0.842 bits per heavy atom. The van der Waals surface area contributed by atoms with Gasteiger partial charge in [0.25, 0.3) is 5.91 Å². The molecule has 190 valence electrons. The molecule has 0 saturated heterocycles. The zero-order chi connectivity index (χ0) is 26.5. The highest BCUT2D eigenvalue weighted by molar-refractivity contribution is 6.32. The third kappa shape index (κ3) is 5.53. The first kappa shape index (κ1) is 25.0. The predicted octanol–water partition coefficient (Wildman–Crippen LogP) is 7.06. The molecule has 0 radical (unpaired) electrons. The number of rotatable bonds is 9. The van der Waals surface area contributed by atoms with Crippen LogP contribution in [-0.2, 0) is 13.2 Å². The van der Waals surface area contributed by atoms with Crippen molar-refractivity contribution in [1.82, 2.24) is 5.16 Å². The van der Waals surface area contributed by atoms with E-state index in [9.17, 15) is 9.18 Å². The lowest BCUT2D eigenvalue weighted by molar-refractivity contribution is 0.0992. The van der Waals surface area contributed by atoms with Gasteiger partial charge < -0.3 is 19.7 Å². The summed E-state index contributed by atoms with van der Waals surface area (Å²) in [6.07, 6.45) is 0. The van der Waals surface area contributed by atoms with E-state index in [0.29, 0.717) is 39.8 Å². The Morgan fingerprint density at radius 3 is 2.00 bits per heavy atom. The van der Waals surface area contributed by atoms with Crippen molar-refractivity contribution in [3.8, 4) is 33.9 Å². The molecule has 0 spiro atoms. The van der Waals surface area contributed by atoms with E-state index in [1.807, 2.05) is 60.7 Å². The van der Waals surface area contributed by atoms with E-state index in [-0.39, 0.29) is 18.1 Å². The Labute approximate surface area is 223 Å². The summed E-state index contributed by atoms with van der Waals surface area (Å²) in [5.74, 6) is -0.232. The highest BCUT2D eigenvalue weighted by atomic mass is 35.5. The van der Waals surface area contributed by atoms with E-state index in [0.717, 1.165) is 11.1 Å². The van der Waals surface area contributed by atoms with Gasteiger partial charge in [0.05, 0.1) is 16.1 Å². The molecular weight excluding hydrogens is 507 g/mol. The standard InChI is InChI=1S/C30H22ClFN2O4/c31-24-15-23(29-27(28(30(33)35)34-38-29)21-11-13-22(32)14-12-21)25(36-17-19-7-3-1-4-8-19)16-26(24)37-18-20-9-5-2-6-10-20/h1-16H,17-18H2,(H2,33,35). The molecule has 0 aliphatic heterocycles. The number of hydrogen-bond acceptors (Lipinski definition) is 5. The summed E-state index contributed by atoms with van der Waals surface area (Å²) in [6, 6.07) is 28.2. The van der Waals surface area contributed by atoms with Gasteiger partial charge in [-0.2, -0.15) is 0 Å². The highest BCUT2D eigenvalue weighted by Crippen LogP contribution is 2.44. The van der Waals surface area contributed by atoms with E-state index in [4.69, 9.17) is 31.3 Å². The largest absolute Gasteiger partial charge is 0.488 e. The lowest BCUT2D eigenvalue weighted by atomic mass is 9.98. The average molecular weight is 529 g/mol. The molecule has 1 heterocycles. The van der Waals surface area contributed by atoms with E-state index < -0.39 is 11.7 Å². The molecule has 6 nitrogen and oxygen atoms in total. The number of amides is 1. The molecule has 1 aromatic heterocycles. The van der Waals surface area contributed by atoms with Crippen molar-refractivity contribution < 1.29 is 23.2 Å². The maximum absolute atomic E-state index is 13.6. The average Bonchev–Trinajstić information content (AvgIpc) is 3.38. The maximum Gasteiger partial charge on any atom is 0.271 e. The van der Waals surface area contributed by atoms with Crippen molar-refractivity contribution in [3.63, 3.8) is 0 Å². The van der Waals surface area contributed by atoms with Crippen LogP contribution in [-0.4, -0.2) is 11.1 Å². The van der Waals surface area contributed by atoms with Crippen molar-refractivity contribution in [1.29, 1.82) is 0 Å². The molecule has 38 heavy (non-hydrogen) atoms. The number of hydrogen-bond donors (Lipinski definition) is 1. The first-order chi connectivity index (χ1) is 18.5. The molecule has 0 bridgehead atoms. The van der Waals surface area contributed by atoms with Crippen LogP contribution in [0.4, 0.5) is 4.39 Å². The van der Waals surface area contributed by atoms with Gasteiger partial charge in [0.1, 0.15) is 30.5 Å². The van der Waals surface area contributed by atoms with Gasteiger partial charge in [-0.05, 0) is 34.9 Å². The normalized spacial score (nSPS) is 10.8. The summed E-state index contributed by atoms with van der Waals surface area (Å²) in [7, 11) is 0. The fourth-order valence-corrected chi connectivity index (χ4v) is 4.16. The molecule has 0 aliphatic rings. The second-order valence-electron chi connectivity index (χ2n) is 8.43. The van der Waals surface area contributed by atoms with Gasteiger partial charge in [-0.25, -0.2) is 4.39 Å². The molecule has 1 amide bonds. The van der Waals surface area contributed by atoms with Crippen LogP contribution in [0, 0.1) is 5.82 Å². The van der Waals surface area contributed by atoms with Gasteiger partial charge in [-0.15, -0.1) is 0 Å². The van der Waals surface area contributed by atoms with Crippen LogP contribution in [0.5, 0.6) is 11.5 Å². The molecule has 2 N–H and O–H groups in total. The fourth-order valence-electron chi connectivity index (χ4n) is 3.94. The van der Waals surface area contributed by atoms with E-state index in [1.165, 1.54) is 24.3 Å². The first-order valence-corrected chi connectivity index (χ1v) is 12.1. The van der Waals surface area contributed by atoms with Crippen molar-refractivity contribution in [2.45, 2.75) is 13.2 Å². The summed E-state index contributed by atoms with van der Waals surface area (Å²) in [5, 5.41) is 4.20. The summed E-state index contributed by atoms with van der Waals surface area (Å²) in [6.45, 7) is 0.545. The van der Waals surface area contributed by atoms with Crippen molar-refractivity contribution in [3.05, 3.63) is 125 Å². The monoisotopic (exact) mass is 528 g/mol. The molecule has 0 saturated carbocycles. The number of nitrogens with zero attached hydrogens (tertiary/aromatic N) is 1. The number of carbonyl (C=O) groups is 1. The van der Waals surface area contributed by atoms with Crippen LogP contribution in [0.25, 0.3) is 22.5 Å². The van der Waals surface area contributed by atoms with Crippen molar-refractivity contribution in [2.24, 2.45) is 5.73 Å². The second kappa shape index (κ2) is 11.2. The minimum Gasteiger partial charge on any atom is -0.488 e. The molecular formula is C30H22ClFN2O4. The third-order valence-electron chi connectivity index (χ3n) is 5.81. The summed E-state index contributed by atoms with van der Waals surface area (Å²) in [4.78, 5) is 12.2. The molecule has 5 rings (SSSR count). The van der Waals surface area contributed by atoms with Crippen molar-refractivity contribution >= 4 is 17.5 Å². The predicted molar refractivity (Wildman–Crippen MR) is 142 cm³/mol. The SMILES string of the molecule is NC(=O)c1noc(-c2cc(Cl)c(OCc3ccccc3)cc2OCc2ccccc2)c1-c1ccc(F)cc1. The minimum absolute atomic E-state index is 0.0962. The van der Waals surface area contributed by atoms with Gasteiger partial charge in [0.15, 0.2) is 11.5 Å². The molecule has 5 aromatic rings. The molecule has 0 fully saturated rings. The lowest BCUT2D eigenvalue weighted by Gasteiger charge is -2.15. The minimum atomic E-state index is -0.792. The van der Waals surface area contributed by atoms with Crippen LogP contribution in [0.15, 0.2) is 102 Å². The van der Waals surface area contributed by atoms with E-state index >= 15 is 0 Å². The summed E-state index contributed by atoms with van der Waals surface area (Å²) in [5.41, 5.74) is 8.62. The zero-order valence-corrected chi connectivity index (χ0v) is 20.8. The Balaban J connectivity index is 1.59. The molecule has 0 atom stereocenters. The number of carbonyl (C=O) groups excluding carboxylic acids is 1. The number of nitrogens with two attached hydrogens (primary N) is 1. The van der Waals surface area contributed by atoms with E-state index in [2.05, 4.69) is 5.16 Å². The van der Waals surface area contributed by atoms with Crippen LogP contribution >= 0.6 is 11.6 Å². The fraction of sp³-hybridized carbons (Fsp3) is 0.0667. The molecule has 8 heteroatoms. The topological polar surface area (TPSA) is 87.6 Å². The number of halogens is 2. The molecule has 0 unspecified atom stereocenters. The summed E-state index contributed by atoms with van der Waals surface area (Å²) >= 11 is 6.64.